The topological polar surface area (TPSA) is 43.9 Å². The molecule has 8 heteroatoms. The maximum atomic E-state index is 13.5. The number of hydrogen-bond donors (Lipinski definition) is 0. The Morgan fingerprint density at radius 1 is 0.750 bits per heavy atom. The van der Waals surface area contributed by atoms with Gasteiger partial charge in [0.2, 0.25) is 0 Å². The molecule has 1 amide bonds. The second kappa shape index (κ2) is 12.5. The Morgan fingerprint density at radius 2 is 1.33 bits per heavy atom. The maximum absolute atomic E-state index is 13.5. The minimum atomic E-state index is -0.615. The second-order valence-electron chi connectivity index (χ2n) is 8.90. The predicted octanol–water partition coefficient (Wildman–Crippen LogP) is 5.00. The molecule has 0 aliphatic carbocycles. The van der Waals surface area contributed by atoms with Gasteiger partial charge in [-0.3, -0.25) is 14.5 Å². The predicted molar refractivity (Wildman–Crippen MR) is 145 cm³/mol. The summed E-state index contributed by atoms with van der Waals surface area (Å²) in [6.45, 7) is 5.12. The standard InChI is InChI=1S/C28H28FN3O2.2ClH/c29-23-12-13-25-24(20-23)27(33)28(34)32(25)15-7-14-30-16-18-31(19-17-30)26(21-8-3-1-4-9-21)22-10-5-2-6-11-22;;/h1-6,8-13,20,26H,7,14-19H2;2*1H. The summed E-state index contributed by atoms with van der Waals surface area (Å²) in [6, 6.07) is 25.5. The number of anilines is 1. The lowest BCUT2D eigenvalue weighted by Crippen LogP contribution is -2.48. The molecule has 5 nitrogen and oxygen atoms in total. The van der Waals surface area contributed by atoms with Gasteiger partial charge in [0.05, 0.1) is 17.3 Å². The molecule has 0 radical (unpaired) electrons. The number of Topliss-reactive ketones (excluding diaryl/α,β-unsaturated/α-hetero) is 1. The quantitative estimate of drug-likeness (QED) is 0.404. The van der Waals surface area contributed by atoms with Crippen LogP contribution in [0.2, 0.25) is 0 Å². The number of fused-ring (bicyclic) bond motifs is 1. The zero-order valence-corrected chi connectivity index (χ0v) is 21.5. The van der Waals surface area contributed by atoms with Crippen LogP contribution in [0.1, 0.15) is 33.9 Å². The summed E-state index contributed by atoms with van der Waals surface area (Å²) in [7, 11) is 0. The fraction of sp³-hybridized carbons (Fsp3) is 0.286. The van der Waals surface area contributed by atoms with Gasteiger partial charge in [0.1, 0.15) is 5.82 Å². The van der Waals surface area contributed by atoms with Crippen LogP contribution in [0.4, 0.5) is 10.1 Å². The molecule has 0 spiro atoms. The van der Waals surface area contributed by atoms with Crippen molar-refractivity contribution in [3.63, 3.8) is 0 Å². The van der Waals surface area contributed by atoms with E-state index < -0.39 is 17.5 Å². The molecule has 3 aromatic rings. The third kappa shape index (κ3) is 5.79. The highest BCUT2D eigenvalue weighted by Gasteiger charge is 2.35. The molecule has 2 aliphatic rings. The molecule has 5 rings (SSSR count). The molecule has 0 atom stereocenters. The van der Waals surface area contributed by atoms with Gasteiger partial charge in [-0.25, -0.2) is 4.39 Å². The summed E-state index contributed by atoms with van der Waals surface area (Å²) >= 11 is 0. The Hall–Kier alpha value is -2.77. The van der Waals surface area contributed by atoms with Gasteiger partial charge in [-0.2, -0.15) is 0 Å². The van der Waals surface area contributed by atoms with E-state index in [2.05, 4.69) is 70.5 Å². The van der Waals surface area contributed by atoms with Crippen LogP contribution in [-0.4, -0.2) is 60.8 Å². The monoisotopic (exact) mass is 529 g/mol. The van der Waals surface area contributed by atoms with Crippen molar-refractivity contribution in [2.45, 2.75) is 12.5 Å². The summed E-state index contributed by atoms with van der Waals surface area (Å²) in [4.78, 5) is 31.0. The molecule has 0 saturated carbocycles. The number of halogens is 3. The fourth-order valence-electron chi connectivity index (χ4n) is 5.08. The molecule has 0 N–H and O–H groups in total. The molecule has 0 unspecified atom stereocenters. The van der Waals surface area contributed by atoms with Crippen molar-refractivity contribution in [1.82, 2.24) is 9.80 Å². The zero-order chi connectivity index (χ0) is 23.5. The van der Waals surface area contributed by atoms with Gasteiger partial charge in [-0.15, -0.1) is 24.8 Å². The first-order valence-corrected chi connectivity index (χ1v) is 11.8. The van der Waals surface area contributed by atoms with E-state index in [-0.39, 0.29) is 36.4 Å². The Bertz CT molecular complexity index is 1130. The Balaban J connectivity index is 0.00000180. The minimum absolute atomic E-state index is 0. The van der Waals surface area contributed by atoms with E-state index in [1.807, 2.05) is 0 Å². The number of carbonyl (C=O) groups is 2. The first-order chi connectivity index (χ1) is 16.6. The van der Waals surface area contributed by atoms with Crippen LogP contribution in [0.5, 0.6) is 0 Å². The van der Waals surface area contributed by atoms with Gasteiger partial charge in [0.25, 0.3) is 11.7 Å². The van der Waals surface area contributed by atoms with Crippen molar-refractivity contribution >= 4 is 42.2 Å². The molecular weight excluding hydrogens is 500 g/mol. The maximum Gasteiger partial charge on any atom is 0.299 e. The van der Waals surface area contributed by atoms with Crippen molar-refractivity contribution in [3.05, 3.63) is 101 Å². The lowest BCUT2D eigenvalue weighted by atomic mass is 9.96. The number of nitrogens with zero attached hydrogens (tertiary/aromatic N) is 3. The van der Waals surface area contributed by atoms with Gasteiger partial charge < -0.3 is 9.80 Å². The van der Waals surface area contributed by atoms with Gasteiger partial charge in [-0.05, 0) is 42.3 Å². The summed E-state index contributed by atoms with van der Waals surface area (Å²) < 4.78 is 13.5. The normalized spacial score (nSPS) is 16.0. The summed E-state index contributed by atoms with van der Waals surface area (Å²) in [6.07, 6.45) is 0.761. The van der Waals surface area contributed by atoms with Gasteiger partial charge >= 0.3 is 0 Å². The first-order valence-electron chi connectivity index (χ1n) is 11.8. The van der Waals surface area contributed by atoms with Crippen molar-refractivity contribution in [1.29, 1.82) is 0 Å². The van der Waals surface area contributed by atoms with E-state index in [9.17, 15) is 14.0 Å². The smallest absolute Gasteiger partial charge is 0.299 e. The molecule has 0 aromatic heterocycles. The SMILES string of the molecule is Cl.Cl.O=C1C(=O)N(CCCN2CCN(C(c3ccccc3)c3ccccc3)CC2)c2ccc(F)cc21. The van der Waals surface area contributed by atoms with Crippen LogP contribution in [0, 0.1) is 5.82 Å². The Kier molecular flexibility index (Phi) is 9.63. The summed E-state index contributed by atoms with van der Waals surface area (Å²) in [5.74, 6) is -1.67. The number of hydrogen-bond acceptors (Lipinski definition) is 4. The van der Waals surface area contributed by atoms with Crippen LogP contribution in [0.25, 0.3) is 0 Å². The van der Waals surface area contributed by atoms with Crippen LogP contribution in [0.15, 0.2) is 78.9 Å². The average molecular weight is 530 g/mol. The number of amides is 1. The highest BCUT2D eigenvalue weighted by Crippen LogP contribution is 2.31. The first kappa shape index (κ1) is 27.8. The lowest BCUT2D eigenvalue weighted by molar-refractivity contribution is -0.114. The van der Waals surface area contributed by atoms with Crippen LogP contribution in [0.3, 0.4) is 0 Å². The number of ketones is 1. The average Bonchev–Trinajstić information content (AvgIpc) is 3.11. The molecule has 1 saturated heterocycles. The molecule has 1 fully saturated rings. The van der Waals surface area contributed by atoms with E-state index in [1.165, 1.54) is 28.2 Å². The summed E-state index contributed by atoms with van der Waals surface area (Å²) in [5, 5.41) is 0. The molecule has 0 bridgehead atoms. The highest BCUT2D eigenvalue weighted by atomic mass is 35.5. The van der Waals surface area contributed by atoms with Gasteiger partial charge in [0, 0.05) is 32.7 Å². The highest BCUT2D eigenvalue weighted by molar-refractivity contribution is 6.52. The van der Waals surface area contributed by atoms with E-state index in [0.29, 0.717) is 12.2 Å². The number of benzene rings is 3. The van der Waals surface area contributed by atoms with Crippen molar-refractivity contribution < 1.29 is 14.0 Å². The largest absolute Gasteiger partial charge is 0.305 e. The van der Waals surface area contributed by atoms with Crippen LogP contribution >= 0.6 is 24.8 Å². The zero-order valence-electron chi connectivity index (χ0n) is 19.9. The number of rotatable bonds is 7. The molecule has 2 aliphatic heterocycles. The van der Waals surface area contributed by atoms with Crippen molar-refractivity contribution in [2.75, 3.05) is 44.2 Å². The molecule has 2 heterocycles. The summed E-state index contributed by atoms with van der Waals surface area (Å²) in [5.41, 5.74) is 3.30. The second-order valence-corrected chi connectivity index (χ2v) is 8.90. The number of carbonyl (C=O) groups excluding carboxylic acids is 2. The molecular formula is C28H30Cl2FN3O2. The van der Waals surface area contributed by atoms with Crippen molar-refractivity contribution in [2.24, 2.45) is 0 Å². The molecule has 190 valence electrons. The molecule has 3 aromatic carbocycles. The third-order valence-electron chi connectivity index (χ3n) is 6.79. The van der Waals surface area contributed by atoms with Crippen molar-refractivity contribution in [3.8, 4) is 0 Å². The van der Waals surface area contributed by atoms with E-state index in [1.54, 1.807) is 0 Å². The van der Waals surface area contributed by atoms with Gasteiger partial charge in [0.15, 0.2) is 0 Å². The van der Waals surface area contributed by atoms with Crippen LogP contribution in [-0.2, 0) is 4.79 Å². The Labute approximate surface area is 223 Å². The van der Waals surface area contributed by atoms with Gasteiger partial charge in [-0.1, -0.05) is 60.7 Å². The number of piperazine rings is 1. The van der Waals surface area contributed by atoms with E-state index in [0.717, 1.165) is 45.2 Å². The molecule has 36 heavy (non-hydrogen) atoms. The lowest BCUT2D eigenvalue weighted by Gasteiger charge is -2.40. The van der Waals surface area contributed by atoms with Crippen LogP contribution < -0.4 is 4.90 Å². The minimum Gasteiger partial charge on any atom is -0.305 e. The van der Waals surface area contributed by atoms with E-state index in [4.69, 9.17) is 0 Å². The fourth-order valence-corrected chi connectivity index (χ4v) is 5.08. The third-order valence-corrected chi connectivity index (χ3v) is 6.79. The Morgan fingerprint density at radius 3 is 1.92 bits per heavy atom. The van der Waals surface area contributed by atoms with E-state index >= 15 is 0 Å².